The smallest absolute Gasteiger partial charge is 0.308 e. The quantitative estimate of drug-likeness (QED) is 0.256. The highest BCUT2D eigenvalue weighted by atomic mass is 35.5. The van der Waals surface area contributed by atoms with E-state index in [1.807, 2.05) is 0 Å². The van der Waals surface area contributed by atoms with Crippen molar-refractivity contribution >= 4 is 75.4 Å². The van der Waals surface area contributed by atoms with E-state index in [4.69, 9.17) is 32.7 Å². The normalized spacial score (nSPS) is 19.2. The van der Waals surface area contributed by atoms with E-state index in [9.17, 15) is 19.2 Å². The average Bonchev–Trinajstić information content (AvgIpc) is 3.44. The Balaban J connectivity index is 1.43. The lowest BCUT2D eigenvalue weighted by Crippen LogP contribution is -2.33. The second kappa shape index (κ2) is 11.7. The Bertz CT molecular complexity index is 1810. The molecule has 2 aliphatic heterocycles. The summed E-state index contributed by atoms with van der Waals surface area (Å²) in [5, 5.41) is 3.41. The Morgan fingerprint density at radius 3 is 2.19 bits per heavy atom. The molecule has 2 aliphatic rings. The summed E-state index contributed by atoms with van der Waals surface area (Å²) in [6.07, 6.45) is 0. The number of aromatic nitrogens is 1. The Hall–Kier alpha value is -3.77. The number of nitrogens with zero attached hydrogens (tertiary/aromatic N) is 2. The number of hydrogen-bond donors (Lipinski definition) is 1. The zero-order valence-corrected chi connectivity index (χ0v) is 25.9. The lowest BCUT2D eigenvalue weighted by molar-refractivity contribution is -0.122. The van der Waals surface area contributed by atoms with Crippen molar-refractivity contribution in [1.29, 1.82) is 0 Å². The highest BCUT2D eigenvalue weighted by molar-refractivity contribution is 8.00. The van der Waals surface area contributed by atoms with Crippen molar-refractivity contribution in [3.63, 3.8) is 0 Å². The van der Waals surface area contributed by atoms with Crippen LogP contribution in [0.3, 0.4) is 0 Å². The van der Waals surface area contributed by atoms with Gasteiger partial charge in [0.1, 0.15) is 11.8 Å². The summed E-state index contributed by atoms with van der Waals surface area (Å²) in [5.41, 5.74) is 1.61. The monoisotopic (exact) mass is 655 g/mol. The lowest BCUT2D eigenvalue weighted by Gasteiger charge is -2.31. The molecule has 3 aromatic carbocycles. The van der Waals surface area contributed by atoms with Crippen LogP contribution in [0.5, 0.6) is 11.5 Å². The molecule has 3 atom stereocenters. The zero-order valence-electron chi connectivity index (χ0n) is 22.7. The van der Waals surface area contributed by atoms with Crippen molar-refractivity contribution in [3.05, 3.63) is 96.9 Å². The predicted molar refractivity (Wildman–Crippen MR) is 167 cm³/mol. The van der Waals surface area contributed by atoms with Crippen molar-refractivity contribution in [2.75, 3.05) is 24.4 Å². The largest absolute Gasteiger partial charge is 0.493 e. The van der Waals surface area contributed by atoms with Gasteiger partial charge in [-0.1, -0.05) is 52.4 Å². The van der Waals surface area contributed by atoms with Gasteiger partial charge >= 0.3 is 4.87 Å². The number of hydrogen-bond acceptors (Lipinski definition) is 8. The number of carbonyl (C=O) groups excluding carboxylic acids is 3. The molecule has 43 heavy (non-hydrogen) atoms. The second-order valence-electron chi connectivity index (χ2n) is 9.82. The van der Waals surface area contributed by atoms with Gasteiger partial charge in [0.15, 0.2) is 11.5 Å². The first-order chi connectivity index (χ1) is 20.7. The van der Waals surface area contributed by atoms with Crippen LogP contribution < -0.4 is 24.6 Å². The Morgan fingerprint density at radius 1 is 0.884 bits per heavy atom. The number of anilines is 2. The summed E-state index contributed by atoms with van der Waals surface area (Å²) in [4.78, 5) is 55.8. The van der Waals surface area contributed by atoms with Crippen LogP contribution in [0.15, 0.2) is 76.6 Å². The van der Waals surface area contributed by atoms with Gasteiger partial charge in [-0.05, 0) is 66.2 Å². The zero-order chi connectivity index (χ0) is 30.4. The number of amides is 3. The Labute approximate surface area is 264 Å². The van der Waals surface area contributed by atoms with Gasteiger partial charge in [0.25, 0.3) is 0 Å². The van der Waals surface area contributed by atoms with E-state index >= 15 is 0 Å². The number of nitrogens with one attached hydrogen (secondary N) is 1. The van der Waals surface area contributed by atoms with Crippen molar-refractivity contribution in [2.45, 2.75) is 22.7 Å². The van der Waals surface area contributed by atoms with E-state index in [0.29, 0.717) is 48.4 Å². The van der Waals surface area contributed by atoms with Gasteiger partial charge in [0, 0.05) is 26.5 Å². The number of carbonyl (C=O) groups is 3. The third-order valence-electron chi connectivity index (χ3n) is 7.33. The SMILES string of the molecule is COc1ccc([C@@H]2c3sc(=O)n(CC(=O)Nc4ccc(Cl)cc4)c3S[C@H]3C(=O)N(c4ccc(Cl)cc4)C(=O)[C@@H]23)cc1OC. The molecule has 6 rings (SSSR count). The predicted octanol–water partition coefficient (Wildman–Crippen LogP) is 5.67. The molecule has 0 saturated carbocycles. The molecule has 3 amide bonds. The number of halogens is 2. The van der Waals surface area contributed by atoms with Gasteiger partial charge in [-0.25, -0.2) is 4.90 Å². The van der Waals surface area contributed by atoms with Crippen molar-refractivity contribution in [1.82, 2.24) is 4.57 Å². The molecule has 9 nitrogen and oxygen atoms in total. The molecular formula is C30H23Cl2N3O6S2. The molecular weight excluding hydrogens is 633 g/mol. The maximum Gasteiger partial charge on any atom is 0.308 e. The van der Waals surface area contributed by atoms with Crippen LogP contribution in [-0.4, -0.2) is 41.8 Å². The maximum absolute atomic E-state index is 14.1. The van der Waals surface area contributed by atoms with Crippen LogP contribution in [-0.2, 0) is 20.9 Å². The van der Waals surface area contributed by atoms with Crippen LogP contribution in [0.4, 0.5) is 11.4 Å². The summed E-state index contributed by atoms with van der Waals surface area (Å²) in [5.74, 6) is -1.75. The molecule has 220 valence electrons. The fourth-order valence-corrected chi connectivity index (χ4v) is 8.41. The fraction of sp³-hybridized carbons (Fsp3) is 0.200. The molecule has 1 fully saturated rings. The molecule has 1 aromatic heterocycles. The first-order valence-electron chi connectivity index (χ1n) is 13.0. The molecule has 4 aromatic rings. The van der Waals surface area contributed by atoms with Crippen molar-refractivity contribution < 1.29 is 23.9 Å². The Kier molecular flexibility index (Phi) is 7.99. The first kappa shape index (κ1) is 29.3. The number of rotatable bonds is 7. The highest BCUT2D eigenvalue weighted by Gasteiger charge is 2.57. The van der Waals surface area contributed by atoms with Gasteiger partial charge in [0.05, 0.1) is 30.9 Å². The fourth-order valence-electron chi connectivity index (χ4n) is 5.38. The van der Waals surface area contributed by atoms with E-state index in [1.54, 1.807) is 66.7 Å². The van der Waals surface area contributed by atoms with Crippen molar-refractivity contribution in [2.24, 2.45) is 5.92 Å². The van der Waals surface area contributed by atoms with Gasteiger partial charge in [0.2, 0.25) is 17.7 Å². The molecule has 0 radical (unpaired) electrons. The molecule has 3 heterocycles. The van der Waals surface area contributed by atoms with E-state index < -0.39 is 28.9 Å². The van der Waals surface area contributed by atoms with Gasteiger partial charge in [-0.2, -0.15) is 0 Å². The summed E-state index contributed by atoms with van der Waals surface area (Å²) in [7, 11) is 3.03. The number of thioether (sulfide) groups is 1. The van der Waals surface area contributed by atoms with Crippen LogP contribution in [0, 0.1) is 5.92 Å². The number of ether oxygens (including phenoxy) is 2. The second-order valence-corrected chi connectivity index (χ2v) is 12.8. The minimum absolute atomic E-state index is 0.278. The van der Waals surface area contributed by atoms with Gasteiger partial charge < -0.3 is 14.8 Å². The molecule has 0 unspecified atom stereocenters. The first-order valence-corrected chi connectivity index (χ1v) is 15.5. The average molecular weight is 657 g/mol. The van der Waals surface area contributed by atoms with E-state index in [1.165, 1.54) is 23.7 Å². The summed E-state index contributed by atoms with van der Waals surface area (Å²) in [6.45, 7) is -0.278. The standard InChI is InChI=1S/C30H23Cl2N3O6S2/c1-40-20-12-3-15(13-21(20)41-2)23-24-25(28(38)35(27(24)37)19-10-6-17(32)7-11-19)42-29-26(23)43-30(39)34(29)14-22(36)33-18-8-4-16(31)5-9-18/h3-13,23-25H,14H2,1-2H3,(H,33,36)/t23-,24-,25+/m0/s1. The third kappa shape index (κ3) is 5.31. The minimum Gasteiger partial charge on any atom is -0.493 e. The number of fused-ring (bicyclic) bond motifs is 2. The van der Waals surface area contributed by atoms with Crippen LogP contribution in [0.2, 0.25) is 10.0 Å². The molecule has 0 spiro atoms. The number of benzene rings is 3. The van der Waals surface area contributed by atoms with Crippen LogP contribution in [0.25, 0.3) is 0 Å². The number of imide groups is 1. The van der Waals surface area contributed by atoms with Crippen LogP contribution >= 0.6 is 46.3 Å². The van der Waals surface area contributed by atoms with Gasteiger partial charge in [-0.3, -0.25) is 23.7 Å². The topological polar surface area (TPSA) is 107 Å². The molecule has 1 N–H and O–H groups in total. The highest BCUT2D eigenvalue weighted by Crippen LogP contribution is 2.54. The summed E-state index contributed by atoms with van der Waals surface area (Å²) >= 11 is 14.1. The molecule has 1 saturated heterocycles. The Morgan fingerprint density at radius 2 is 1.53 bits per heavy atom. The number of thiazole rings is 1. The number of methoxy groups -OCH3 is 2. The maximum atomic E-state index is 14.1. The molecule has 0 bridgehead atoms. The molecule has 13 heteroatoms. The van der Waals surface area contributed by atoms with E-state index in [2.05, 4.69) is 5.32 Å². The van der Waals surface area contributed by atoms with Crippen molar-refractivity contribution in [3.8, 4) is 11.5 Å². The van der Waals surface area contributed by atoms with Gasteiger partial charge in [-0.15, -0.1) is 0 Å². The van der Waals surface area contributed by atoms with E-state index in [-0.39, 0.29) is 17.3 Å². The van der Waals surface area contributed by atoms with Crippen LogP contribution in [0.1, 0.15) is 16.4 Å². The summed E-state index contributed by atoms with van der Waals surface area (Å²) in [6, 6.07) is 18.4. The third-order valence-corrected chi connectivity index (χ3v) is 10.4. The van der Waals surface area contributed by atoms with E-state index in [0.717, 1.165) is 23.1 Å². The minimum atomic E-state index is -0.839. The lowest BCUT2D eigenvalue weighted by atomic mass is 9.83. The molecule has 0 aliphatic carbocycles. The summed E-state index contributed by atoms with van der Waals surface area (Å²) < 4.78 is 12.3.